The molecule has 0 aliphatic heterocycles. The van der Waals surface area contributed by atoms with Gasteiger partial charge in [0.25, 0.3) is 0 Å². The van der Waals surface area contributed by atoms with E-state index in [1.165, 1.54) is 4.90 Å². The van der Waals surface area contributed by atoms with Gasteiger partial charge in [0.05, 0.1) is 6.61 Å². The normalized spacial score (nSPS) is 9.53. The van der Waals surface area contributed by atoms with Crippen LogP contribution in [0.1, 0.15) is 6.92 Å². The lowest BCUT2D eigenvalue weighted by molar-refractivity contribution is 0.230. The van der Waals surface area contributed by atoms with Crippen LogP contribution in [0.3, 0.4) is 0 Å². The second kappa shape index (κ2) is 5.24. The van der Waals surface area contributed by atoms with Crippen LogP contribution < -0.4 is 10.1 Å². The lowest BCUT2D eigenvalue weighted by atomic mass is 10.3. The quantitative estimate of drug-likeness (QED) is 0.827. The van der Waals surface area contributed by atoms with Crippen LogP contribution in [0.4, 0.5) is 10.5 Å². The number of carbonyl (C=O) groups excluding carboxylic acids is 1. The third-order valence-electron chi connectivity index (χ3n) is 1.82. The maximum atomic E-state index is 11.3. The second-order valence-corrected chi connectivity index (χ2v) is 3.28. The molecular weight excluding hydrogens is 192 g/mol. The number of hydrogen-bond acceptors (Lipinski definition) is 2. The summed E-state index contributed by atoms with van der Waals surface area (Å²) in [5.74, 6) is 0.806. The third-order valence-corrected chi connectivity index (χ3v) is 1.82. The van der Waals surface area contributed by atoms with Crippen LogP contribution in [0, 0.1) is 0 Å². The Balaban J connectivity index is 2.60. The Bertz CT molecular complexity index is 320. The van der Waals surface area contributed by atoms with Crippen molar-refractivity contribution in [2.75, 3.05) is 26.0 Å². The van der Waals surface area contributed by atoms with Crippen molar-refractivity contribution in [3.8, 4) is 5.75 Å². The van der Waals surface area contributed by atoms with E-state index in [9.17, 15) is 4.79 Å². The van der Waals surface area contributed by atoms with Gasteiger partial charge < -0.3 is 15.0 Å². The zero-order valence-corrected chi connectivity index (χ0v) is 9.28. The Morgan fingerprint density at radius 2 is 1.93 bits per heavy atom. The first kappa shape index (κ1) is 11.4. The zero-order valence-electron chi connectivity index (χ0n) is 9.28. The Morgan fingerprint density at radius 3 is 2.40 bits per heavy atom. The minimum absolute atomic E-state index is 0.140. The number of anilines is 1. The molecule has 4 nitrogen and oxygen atoms in total. The van der Waals surface area contributed by atoms with Gasteiger partial charge >= 0.3 is 6.03 Å². The maximum Gasteiger partial charge on any atom is 0.321 e. The third kappa shape index (κ3) is 3.50. The highest BCUT2D eigenvalue weighted by Crippen LogP contribution is 2.15. The Morgan fingerprint density at radius 1 is 1.33 bits per heavy atom. The minimum Gasteiger partial charge on any atom is -0.494 e. The summed E-state index contributed by atoms with van der Waals surface area (Å²) in [6.07, 6.45) is 0. The van der Waals surface area contributed by atoms with Gasteiger partial charge in [-0.1, -0.05) is 0 Å². The molecule has 0 aliphatic carbocycles. The van der Waals surface area contributed by atoms with E-state index in [4.69, 9.17) is 4.74 Å². The van der Waals surface area contributed by atoms with Crippen molar-refractivity contribution in [3.63, 3.8) is 0 Å². The molecular formula is C11H16N2O2. The molecule has 15 heavy (non-hydrogen) atoms. The van der Waals surface area contributed by atoms with Gasteiger partial charge in [-0.15, -0.1) is 0 Å². The highest BCUT2D eigenvalue weighted by Gasteiger charge is 2.03. The van der Waals surface area contributed by atoms with E-state index in [0.29, 0.717) is 6.61 Å². The molecule has 1 aromatic carbocycles. The van der Waals surface area contributed by atoms with Crippen LogP contribution >= 0.6 is 0 Å². The largest absolute Gasteiger partial charge is 0.494 e. The molecule has 0 heterocycles. The summed E-state index contributed by atoms with van der Waals surface area (Å²) in [4.78, 5) is 12.8. The highest BCUT2D eigenvalue weighted by molar-refractivity contribution is 5.88. The first-order valence-electron chi connectivity index (χ1n) is 4.84. The maximum absolute atomic E-state index is 11.3. The predicted molar refractivity (Wildman–Crippen MR) is 60.3 cm³/mol. The van der Waals surface area contributed by atoms with Crippen LogP contribution in [0.15, 0.2) is 24.3 Å². The van der Waals surface area contributed by atoms with Crippen LogP contribution in [-0.2, 0) is 0 Å². The van der Waals surface area contributed by atoms with E-state index in [1.54, 1.807) is 14.1 Å². The number of amides is 2. The monoisotopic (exact) mass is 208 g/mol. The van der Waals surface area contributed by atoms with Crippen LogP contribution in [0.25, 0.3) is 0 Å². The molecule has 0 aromatic heterocycles. The first-order valence-corrected chi connectivity index (χ1v) is 4.84. The van der Waals surface area contributed by atoms with Crippen molar-refractivity contribution in [2.24, 2.45) is 0 Å². The minimum atomic E-state index is -0.140. The molecule has 4 heteroatoms. The molecule has 0 saturated heterocycles. The smallest absolute Gasteiger partial charge is 0.321 e. The molecule has 1 aromatic rings. The fourth-order valence-corrected chi connectivity index (χ4v) is 1.04. The van der Waals surface area contributed by atoms with E-state index < -0.39 is 0 Å². The molecule has 2 amide bonds. The number of nitrogens with zero attached hydrogens (tertiary/aromatic N) is 1. The van der Waals surface area contributed by atoms with Crippen molar-refractivity contribution in [1.29, 1.82) is 0 Å². The van der Waals surface area contributed by atoms with Gasteiger partial charge in [0, 0.05) is 19.8 Å². The van der Waals surface area contributed by atoms with E-state index in [1.807, 2.05) is 31.2 Å². The summed E-state index contributed by atoms with van der Waals surface area (Å²) in [6, 6.07) is 7.14. The molecule has 82 valence electrons. The van der Waals surface area contributed by atoms with Crippen molar-refractivity contribution in [2.45, 2.75) is 6.92 Å². The number of ether oxygens (including phenoxy) is 1. The van der Waals surface area contributed by atoms with Gasteiger partial charge in [-0.25, -0.2) is 4.79 Å². The van der Waals surface area contributed by atoms with Gasteiger partial charge in [-0.2, -0.15) is 0 Å². The van der Waals surface area contributed by atoms with Crippen LogP contribution in [0.5, 0.6) is 5.75 Å². The lowest BCUT2D eigenvalue weighted by Crippen LogP contribution is -2.27. The van der Waals surface area contributed by atoms with Crippen molar-refractivity contribution in [3.05, 3.63) is 24.3 Å². The van der Waals surface area contributed by atoms with E-state index >= 15 is 0 Å². The van der Waals surface area contributed by atoms with Crippen molar-refractivity contribution in [1.82, 2.24) is 4.90 Å². The Labute approximate surface area is 89.8 Å². The average Bonchev–Trinajstić information content (AvgIpc) is 2.21. The molecule has 0 bridgehead atoms. The number of carbonyl (C=O) groups is 1. The number of benzene rings is 1. The fraction of sp³-hybridized carbons (Fsp3) is 0.364. The Kier molecular flexibility index (Phi) is 3.97. The lowest BCUT2D eigenvalue weighted by Gasteiger charge is -2.12. The van der Waals surface area contributed by atoms with Crippen LogP contribution in [-0.4, -0.2) is 31.6 Å². The second-order valence-electron chi connectivity index (χ2n) is 3.28. The zero-order chi connectivity index (χ0) is 11.3. The fourth-order valence-electron chi connectivity index (χ4n) is 1.04. The standard InChI is InChI=1S/C11H16N2O2/c1-4-15-10-7-5-9(6-8-10)12-11(14)13(2)3/h5-8H,4H2,1-3H3,(H,12,14). The first-order chi connectivity index (χ1) is 7.13. The van der Waals surface area contributed by atoms with Gasteiger partial charge in [-0.3, -0.25) is 0 Å². The Hall–Kier alpha value is -1.71. The van der Waals surface area contributed by atoms with E-state index in [2.05, 4.69) is 5.32 Å². The topological polar surface area (TPSA) is 41.6 Å². The molecule has 1 N–H and O–H groups in total. The molecule has 0 spiro atoms. The van der Waals surface area contributed by atoms with Crippen molar-refractivity contribution < 1.29 is 9.53 Å². The van der Waals surface area contributed by atoms with E-state index in [0.717, 1.165) is 11.4 Å². The van der Waals surface area contributed by atoms with Crippen molar-refractivity contribution >= 4 is 11.7 Å². The summed E-state index contributed by atoms with van der Waals surface area (Å²) < 4.78 is 5.29. The average molecular weight is 208 g/mol. The van der Waals surface area contributed by atoms with Gasteiger partial charge in [0.2, 0.25) is 0 Å². The van der Waals surface area contributed by atoms with Gasteiger partial charge in [0.15, 0.2) is 0 Å². The summed E-state index contributed by atoms with van der Waals surface area (Å²) >= 11 is 0. The van der Waals surface area contributed by atoms with Gasteiger partial charge in [0.1, 0.15) is 5.75 Å². The summed E-state index contributed by atoms with van der Waals surface area (Å²) in [5, 5.41) is 2.74. The molecule has 1 rings (SSSR count). The molecule has 0 radical (unpaired) electrons. The molecule has 0 unspecified atom stereocenters. The molecule has 0 aliphatic rings. The van der Waals surface area contributed by atoms with Gasteiger partial charge in [-0.05, 0) is 31.2 Å². The number of nitrogens with one attached hydrogen (secondary N) is 1. The van der Waals surface area contributed by atoms with Crippen LogP contribution in [0.2, 0.25) is 0 Å². The number of hydrogen-bond donors (Lipinski definition) is 1. The predicted octanol–water partition coefficient (Wildman–Crippen LogP) is 2.18. The number of rotatable bonds is 3. The molecule has 0 saturated carbocycles. The summed E-state index contributed by atoms with van der Waals surface area (Å²) in [7, 11) is 3.40. The molecule has 0 atom stereocenters. The number of urea groups is 1. The highest BCUT2D eigenvalue weighted by atomic mass is 16.5. The summed E-state index contributed by atoms with van der Waals surface area (Å²) in [6.45, 7) is 2.57. The molecule has 0 fully saturated rings. The van der Waals surface area contributed by atoms with E-state index in [-0.39, 0.29) is 6.03 Å². The summed E-state index contributed by atoms with van der Waals surface area (Å²) in [5.41, 5.74) is 0.761. The SMILES string of the molecule is CCOc1ccc(NC(=O)N(C)C)cc1.